The number of benzene rings is 2. The van der Waals surface area contributed by atoms with Gasteiger partial charge in [-0.25, -0.2) is 4.39 Å². The highest BCUT2D eigenvalue weighted by Crippen LogP contribution is 2.37. The molecule has 192 valence electrons. The van der Waals surface area contributed by atoms with Crippen LogP contribution in [0.25, 0.3) is 0 Å². The molecule has 12 heteroatoms. The van der Waals surface area contributed by atoms with Crippen molar-refractivity contribution in [3.8, 4) is 5.75 Å². The molecule has 1 unspecified atom stereocenters. The monoisotopic (exact) mass is 513 g/mol. The summed E-state index contributed by atoms with van der Waals surface area (Å²) in [6, 6.07) is 6.91. The molecule has 4 rings (SSSR count). The Morgan fingerprint density at radius 2 is 1.95 bits per heavy atom. The van der Waals surface area contributed by atoms with Gasteiger partial charge in [0.25, 0.3) is 11.8 Å². The fourth-order valence-electron chi connectivity index (χ4n) is 4.30. The van der Waals surface area contributed by atoms with Crippen molar-refractivity contribution in [3.05, 3.63) is 64.5 Å². The van der Waals surface area contributed by atoms with Crippen molar-refractivity contribution in [2.75, 3.05) is 0 Å². The van der Waals surface area contributed by atoms with Gasteiger partial charge in [-0.3, -0.25) is 24.5 Å². The first-order valence-corrected chi connectivity index (χ1v) is 11.5. The lowest BCUT2D eigenvalue weighted by atomic mass is 9.70. The predicted molar refractivity (Wildman–Crippen MR) is 125 cm³/mol. The second-order valence-corrected chi connectivity index (χ2v) is 9.25. The number of amides is 4. The minimum atomic E-state index is -4.01. The van der Waals surface area contributed by atoms with Gasteiger partial charge in [0.2, 0.25) is 11.8 Å². The van der Waals surface area contributed by atoms with E-state index in [2.05, 4.69) is 10.6 Å². The van der Waals surface area contributed by atoms with Crippen molar-refractivity contribution in [1.29, 1.82) is 0 Å². The third-order valence-corrected chi connectivity index (χ3v) is 6.22. The number of rotatable bonds is 7. The van der Waals surface area contributed by atoms with Crippen LogP contribution in [-0.2, 0) is 33.4 Å². The van der Waals surface area contributed by atoms with Gasteiger partial charge < -0.3 is 15.0 Å². The number of carbonyl (C=O) groups is 4. The number of nitrogens with one attached hydrogen (secondary N) is 2. The number of piperidine rings is 1. The standard InChI is InChI=1S/C25H23BF3N3O5/c1-13(2)37-19-10-16(27)4-6-18(19)25(28,29)23(36)30-11-14-3-5-17-15(9-14)12-32(21(17)34)24(26)8-7-20(33)31-22(24)35/h3-6,9-10,13H,7-8,11-12H2,1-2H3,(H,30,36)(H,31,33,35). The summed E-state index contributed by atoms with van der Waals surface area (Å²) in [5.74, 6) is -8.60. The Kier molecular flexibility index (Phi) is 6.78. The van der Waals surface area contributed by atoms with Crippen molar-refractivity contribution in [2.45, 2.75) is 57.2 Å². The molecule has 2 aromatic rings. The Balaban J connectivity index is 1.48. The van der Waals surface area contributed by atoms with E-state index in [1.807, 2.05) is 0 Å². The van der Waals surface area contributed by atoms with Crippen LogP contribution in [0.2, 0.25) is 0 Å². The first kappa shape index (κ1) is 26.2. The summed E-state index contributed by atoms with van der Waals surface area (Å²) in [5.41, 5.74) is -1.29. The van der Waals surface area contributed by atoms with Gasteiger partial charge in [-0.1, -0.05) is 12.1 Å². The lowest BCUT2D eigenvalue weighted by Gasteiger charge is -2.40. The maximum absolute atomic E-state index is 15.0. The molecule has 2 aliphatic rings. The van der Waals surface area contributed by atoms with Gasteiger partial charge in [-0.2, -0.15) is 8.78 Å². The SMILES string of the molecule is [B]C1(N2Cc3cc(CNC(=O)C(F)(F)c4ccc(F)cc4OC(C)C)ccc3C2=O)CCC(=O)NC1=O. The van der Waals surface area contributed by atoms with Gasteiger partial charge in [0.15, 0.2) is 0 Å². The van der Waals surface area contributed by atoms with Crippen molar-refractivity contribution in [1.82, 2.24) is 15.5 Å². The van der Waals surface area contributed by atoms with Gasteiger partial charge in [0.05, 0.1) is 17.1 Å². The molecule has 1 saturated heterocycles. The zero-order valence-electron chi connectivity index (χ0n) is 20.1. The molecule has 2 radical (unpaired) electrons. The summed E-state index contributed by atoms with van der Waals surface area (Å²) in [6.07, 6.45) is -0.589. The van der Waals surface area contributed by atoms with E-state index >= 15 is 0 Å². The van der Waals surface area contributed by atoms with Crippen LogP contribution in [0, 0.1) is 5.82 Å². The summed E-state index contributed by atoms with van der Waals surface area (Å²) in [4.78, 5) is 50.4. The number of fused-ring (bicyclic) bond motifs is 1. The number of halogens is 3. The lowest BCUT2D eigenvalue weighted by Crippen LogP contribution is -2.63. The largest absolute Gasteiger partial charge is 0.490 e. The zero-order valence-corrected chi connectivity index (χ0v) is 20.1. The van der Waals surface area contributed by atoms with E-state index in [9.17, 15) is 32.3 Å². The lowest BCUT2D eigenvalue weighted by molar-refractivity contribution is -0.147. The predicted octanol–water partition coefficient (Wildman–Crippen LogP) is 2.28. The Bertz CT molecular complexity index is 1300. The highest BCUT2D eigenvalue weighted by atomic mass is 19.3. The Hall–Kier alpha value is -3.83. The summed E-state index contributed by atoms with van der Waals surface area (Å²) >= 11 is 0. The average Bonchev–Trinajstić information content (AvgIpc) is 3.16. The van der Waals surface area contributed by atoms with E-state index in [0.717, 1.165) is 18.2 Å². The first-order chi connectivity index (χ1) is 17.3. The minimum absolute atomic E-state index is 0.0220. The van der Waals surface area contributed by atoms with E-state index in [1.54, 1.807) is 19.9 Å². The molecular formula is C25H23BF3N3O5. The van der Waals surface area contributed by atoms with Crippen molar-refractivity contribution in [3.63, 3.8) is 0 Å². The molecule has 4 amide bonds. The maximum Gasteiger partial charge on any atom is 0.353 e. The number of hydrogen-bond acceptors (Lipinski definition) is 5. The van der Waals surface area contributed by atoms with E-state index in [-0.39, 0.29) is 31.5 Å². The van der Waals surface area contributed by atoms with Crippen LogP contribution in [-0.4, -0.2) is 47.9 Å². The van der Waals surface area contributed by atoms with E-state index in [1.165, 1.54) is 17.0 Å². The second kappa shape index (κ2) is 9.57. The summed E-state index contributed by atoms with van der Waals surface area (Å²) < 4.78 is 48.9. The van der Waals surface area contributed by atoms with Gasteiger partial charge >= 0.3 is 5.92 Å². The number of ether oxygens (including phenoxy) is 1. The number of nitrogens with zero attached hydrogens (tertiary/aromatic N) is 1. The Morgan fingerprint density at radius 3 is 2.62 bits per heavy atom. The molecule has 2 aromatic carbocycles. The van der Waals surface area contributed by atoms with Gasteiger partial charge in [-0.15, -0.1) is 0 Å². The molecule has 2 aliphatic heterocycles. The van der Waals surface area contributed by atoms with Crippen molar-refractivity contribution in [2.24, 2.45) is 0 Å². The maximum atomic E-state index is 15.0. The van der Waals surface area contributed by atoms with Crippen LogP contribution in [0.5, 0.6) is 5.75 Å². The molecule has 0 spiro atoms. The molecule has 0 saturated carbocycles. The third-order valence-electron chi connectivity index (χ3n) is 6.22. The zero-order chi connectivity index (χ0) is 27.1. The molecule has 0 aliphatic carbocycles. The summed E-state index contributed by atoms with van der Waals surface area (Å²) in [5, 5.41) is 4.30. The fourth-order valence-corrected chi connectivity index (χ4v) is 4.30. The third kappa shape index (κ3) is 4.92. The second-order valence-electron chi connectivity index (χ2n) is 9.25. The quantitative estimate of drug-likeness (QED) is 0.437. The van der Waals surface area contributed by atoms with Crippen LogP contribution >= 0.6 is 0 Å². The van der Waals surface area contributed by atoms with E-state index < -0.39 is 58.2 Å². The average molecular weight is 513 g/mol. The topological polar surface area (TPSA) is 105 Å². The highest BCUT2D eigenvalue weighted by molar-refractivity contribution is 6.32. The molecule has 8 nitrogen and oxygen atoms in total. The number of alkyl halides is 2. The molecule has 1 atom stereocenters. The Labute approximate surface area is 211 Å². The van der Waals surface area contributed by atoms with Crippen LogP contribution < -0.4 is 15.4 Å². The molecule has 2 N–H and O–H groups in total. The summed E-state index contributed by atoms with van der Waals surface area (Å²) in [7, 11) is 6.20. The number of imide groups is 1. The number of hydrogen-bond donors (Lipinski definition) is 2. The first-order valence-electron chi connectivity index (χ1n) is 11.5. The van der Waals surface area contributed by atoms with Gasteiger partial charge in [0, 0.05) is 31.1 Å². The molecule has 0 bridgehead atoms. The fraction of sp³-hybridized carbons (Fsp3) is 0.360. The molecular weight excluding hydrogens is 490 g/mol. The van der Waals surface area contributed by atoms with Crippen LogP contribution in [0.1, 0.15) is 53.7 Å². The normalized spacial score (nSPS) is 19.6. The molecule has 1 fully saturated rings. The van der Waals surface area contributed by atoms with Crippen molar-refractivity contribution >= 4 is 31.5 Å². The van der Waals surface area contributed by atoms with Crippen LogP contribution in [0.3, 0.4) is 0 Å². The van der Waals surface area contributed by atoms with Gasteiger partial charge in [0.1, 0.15) is 19.4 Å². The molecule has 37 heavy (non-hydrogen) atoms. The molecule has 2 heterocycles. The number of carbonyl (C=O) groups excluding carboxylic acids is 4. The Morgan fingerprint density at radius 1 is 1.22 bits per heavy atom. The van der Waals surface area contributed by atoms with E-state index in [0.29, 0.717) is 11.1 Å². The van der Waals surface area contributed by atoms with Crippen molar-refractivity contribution < 1.29 is 37.1 Å². The smallest absolute Gasteiger partial charge is 0.353 e. The summed E-state index contributed by atoms with van der Waals surface area (Å²) in [6.45, 7) is 2.84. The van der Waals surface area contributed by atoms with Gasteiger partial charge in [-0.05, 0) is 49.6 Å². The molecule has 0 aromatic heterocycles. The van der Waals surface area contributed by atoms with Crippen LogP contribution in [0.15, 0.2) is 36.4 Å². The minimum Gasteiger partial charge on any atom is -0.490 e. The van der Waals surface area contributed by atoms with Crippen LogP contribution in [0.4, 0.5) is 13.2 Å². The highest BCUT2D eigenvalue weighted by Gasteiger charge is 2.48. The van der Waals surface area contributed by atoms with E-state index in [4.69, 9.17) is 12.6 Å².